The molecule has 1 amide bonds. The van der Waals surface area contributed by atoms with Crippen LogP contribution in [0.4, 0.5) is 5.69 Å². The van der Waals surface area contributed by atoms with Crippen LogP contribution in [0.2, 0.25) is 0 Å². The number of thiophene rings is 1. The number of rotatable bonds is 6. The molecule has 0 saturated heterocycles. The largest absolute Gasteiger partial charge is 0.452 e. The lowest BCUT2D eigenvalue weighted by atomic mass is 10.1. The van der Waals surface area contributed by atoms with Gasteiger partial charge in [0.15, 0.2) is 6.10 Å². The normalized spacial score (nSPS) is 11.9. The van der Waals surface area contributed by atoms with Crippen LogP contribution in [-0.2, 0) is 20.7 Å². The Morgan fingerprint density at radius 2 is 1.89 bits per heavy atom. The molecule has 7 heteroatoms. The monoisotopic (exact) mass is 398 g/mol. The van der Waals surface area contributed by atoms with Crippen molar-refractivity contribution in [2.45, 2.75) is 40.2 Å². The number of hydrogen-bond acceptors (Lipinski definition) is 6. The van der Waals surface area contributed by atoms with Crippen LogP contribution in [0.1, 0.15) is 29.5 Å². The molecule has 0 aliphatic heterocycles. The molecule has 1 unspecified atom stereocenters. The van der Waals surface area contributed by atoms with Crippen LogP contribution >= 0.6 is 11.3 Å². The van der Waals surface area contributed by atoms with Gasteiger partial charge >= 0.3 is 5.97 Å². The van der Waals surface area contributed by atoms with E-state index in [9.17, 15) is 9.59 Å². The summed E-state index contributed by atoms with van der Waals surface area (Å²) >= 11 is 1.51. The van der Waals surface area contributed by atoms with E-state index in [1.807, 2.05) is 49.6 Å². The van der Waals surface area contributed by atoms with Gasteiger partial charge in [-0.15, -0.1) is 11.3 Å². The minimum Gasteiger partial charge on any atom is -0.452 e. The summed E-state index contributed by atoms with van der Waals surface area (Å²) in [4.78, 5) is 30.0. The van der Waals surface area contributed by atoms with E-state index in [4.69, 9.17) is 9.15 Å². The summed E-state index contributed by atoms with van der Waals surface area (Å²) in [5.74, 6) is 0.143. The highest BCUT2D eigenvalue weighted by atomic mass is 32.1. The predicted octanol–water partition coefficient (Wildman–Crippen LogP) is 4.44. The van der Waals surface area contributed by atoms with E-state index >= 15 is 0 Å². The topological polar surface area (TPSA) is 81.4 Å². The molecule has 1 atom stereocenters. The molecule has 0 saturated carbocycles. The van der Waals surface area contributed by atoms with Gasteiger partial charge in [-0.3, -0.25) is 9.59 Å². The van der Waals surface area contributed by atoms with Gasteiger partial charge in [-0.2, -0.15) is 0 Å². The number of hydrogen-bond donors (Lipinski definition) is 1. The number of oxazole rings is 1. The Morgan fingerprint density at radius 3 is 2.54 bits per heavy atom. The average molecular weight is 398 g/mol. The number of nitrogens with one attached hydrogen (secondary N) is 1. The van der Waals surface area contributed by atoms with Gasteiger partial charge in [-0.05, 0) is 50.3 Å². The lowest BCUT2D eigenvalue weighted by molar-refractivity contribution is -0.152. The Hall–Kier alpha value is -2.93. The highest BCUT2D eigenvalue weighted by Gasteiger charge is 2.22. The average Bonchev–Trinajstić information content (AvgIpc) is 3.28. The fourth-order valence-corrected chi connectivity index (χ4v) is 3.41. The maximum Gasteiger partial charge on any atom is 0.312 e. The molecule has 2 aromatic heterocycles. The lowest BCUT2D eigenvalue weighted by Crippen LogP contribution is -2.31. The minimum absolute atomic E-state index is 0.0538. The summed E-state index contributed by atoms with van der Waals surface area (Å²) in [6.45, 7) is 7.13. The molecule has 3 aromatic rings. The maximum absolute atomic E-state index is 12.4. The van der Waals surface area contributed by atoms with Gasteiger partial charge in [0.05, 0.1) is 17.0 Å². The van der Waals surface area contributed by atoms with Crippen molar-refractivity contribution >= 4 is 28.9 Å². The van der Waals surface area contributed by atoms with Crippen molar-refractivity contribution in [2.24, 2.45) is 0 Å². The van der Waals surface area contributed by atoms with Gasteiger partial charge in [0.2, 0.25) is 5.89 Å². The second kappa shape index (κ2) is 8.39. The van der Waals surface area contributed by atoms with Crippen molar-refractivity contribution in [1.82, 2.24) is 4.98 Å². The first-order valence-electron chi connectivity index (χ1n) is 8.92. The van der Waals surface area contributed by atoms with E-state index in [-0.39, 0.29) is 12.3 Å². The summed E-state index contributed by atoms with van der Waals surface area (Å²) in [6, 6.07) is 9.56. The number of carbonyl (C=O) groups is 2. The van der Waals surface area contributed by atoms with Gasteiger partial charge in [0.1, 0.15) is 5.76 Å². The molecule has 0 spiro atoms. The number of carbonyl (C=O) groups excluding carboxylic acids is 2. The Morgan fingerprint density at radius 1 is 1.18 bits per heavy atom. The predicted molar refractivity (Wildman–Crippen MR) is 108 cm³/mol. The van der Waals surface area contributed by atoms with Crippen molar-refractivity contribution in [3.63, 3.8) is 0 Å². The van der Waals surface area contributed by atoms with Crippen LogP contribution in [0.3, 0.4) is 0 Å². The summed E-state index contributed by atoms with van der Waals surface area (Å²) in [5, 5.41) is 4.76. The SMILES string of the molecule is Cc1cccc(C)c1NC(=O)C(C)OC(=O)Cc1nc(-c2cccs2)oc1C. The smallest absolute Gasteiger partial charge is 0.312 e. The summed E-state index contributed by atoms with van der Waals surface area (Å²) in [7, 11) is 0. The number of anilines is 1. The molecule has 1 aromatic carbocycles. The van der Waals surface area contributed by atoms with Gasteiger partial charge in [0.25, 0.3) is 5.91 Å². The number of nitrogens with zero attached hydrogens (tertiary/aromatic N) is 1. The molecule has 2 heterocycles. The second-order valence-corrected chi connectivity index (χ2v) is 7.51. The van der Waals surface area contributed by atoms with E-state index in [2.05, 4.69) is 10.3 Å². The molecule has 0 bridgehead atoms. The van der Waals surface area contributed by atoms with Crippen LogP contribution in [0, 0.1) is 20.8 Å². The molecule has 0 radical (unpaired) electrons. The second-order valence-electron chi connectivity index (χ2n) is 6.56. The third-order valence-electron chi connectivity index (χ3n) is 4.34. The summed E-state index contributed by atoms with van der Waals surface area (Å²) in [5.41, 5.74) is 3.15. The lowest BCUT2D eigenvalue weighted by Gasteiger charge is -2.16. The van der Waals surface area contributed by atoms with Crippen molar-refractivity contribution in [2.75, 3.05) is 5.32 Å². The minimum atomic E-state index is -0.921. The van der Waals surface area contributed by atoms with Gasteiger partial charge in [-0.1, -0.05) is 24.3 Å². The van der Waals surface area contributed by atoms with E-state index in [1.54, 1.807) is 13.8 Å². The summed E-state index contributed by atoms with van der Waals surface area (Å²) in [6.07, 6.45) is -0.975. The Kier molecular flexibility index (Phi) is 5.94. The fourth-order valence-electron chi connectivity index (χ4n) is 2.76. The Labute approximate surface area is 167 Å². The van der Waals surface area contributed by atoms with Crippen LogP contribution in [-0.4, -0.2) is 23.0 Å². The van der Waals surface area contributed by atoms with Crippen molar-refractivity contribution in [3.8, 4) is 10.8 Å². The molecule has 1 N–H and O–H groups in total. The van der Waals surface area contributed by atoms with E-state index in [1.165, 1.54) is 11.3 Å². The molecule has 3 rings (SSSR count). The molecular weight excluding hydrogens is 376 g/mol. The van der Waals surface area contributed by atoms with Gasteiger partial charge in [-0.25, -0.2) is 4.98 Å². The van der Waals surface area contributed by atoms with Crippen LogP contribution in [0.25, 0.3) is 10.8 Å². The van der Waals surface area contributed by atoms with Crippen molar-refractivity contribution in [3.05, 3.63) is 58.3 Å². The van der Waals surface area contributed by atoms with E-state index < -0.39 is 12.1 Å². The molecule has 0 fully saturated rings. The summed E-state index contributed by atoms with van der Waals surface area (Å²) < 4.78 is 10.9. The van der Waals surface area contributed by atoms with E-state index in [0.717, 1.165) is 21.7 Å². The molecule has 146 valence electrons. The van der Waals surface area contributed by atoms with E-state index in [0.29, 0.717) is 17.3 Å². The molecule has 28 heavy (non-hydrogen) atoms. The van der Waals surface area contributed by atoms with Crippen LogP contribution in [0.5, 0.6) is 0 Å². The maximum atomic E-state index is 12.4. The first kappa shape index (κ1) is 19.8. The first-order chi connectivity index (χ1) is 13.3. The number of amides is 1. The number of aromatic nitrogens is 1. The number of aryl methyl sites for hydroxylation is 3. The van der Waals surface area contributed by atoms with Crippen molar-refractivity contribution in [1.29, 1.82) is 0 Å². The molecular formula is C21H22N2O4S. The molecule has 6 nitrogen and oxygen atoms in total. The quantitative estimate of drug-likeness (QED) is 0.621. The number of para-hydroxylation sites is 1. The zero-order valence-corrected chi connectivity index (χ0v) is 17.1. The van der Waals surface area contributed by atoms with Crippen molar-refractivity contribution < 1.29 is 18.7 Å². The Balaban J connectivity index is 1.61. The first-order valence-corrected chi connectivity index (χ1v) is 9.80. The third kappa shape index (κ3) is 4.48. The highest BCUT2D eigenvalue weighted by molar-refractivity contribution is 7.13. The molecule has 0 aliphatic rings. The zero-order valence-electron chi connectivity index (χ0n) is 16.2. The Bertz CT molecular complexity index is 972. The zero-order chi connectivity index (χ0) is 20.3. The standard InChI is InChI=1S/C21H22N2O4S/c1-12-7-5-8-13(2)19(12)23-20(25)15(4)26-18(24)11-16-14(3)27-21(22-16)17-9-6-10-28-17/h5-10,15H,11H2,1-4H3,(H,23,25). The number of ether oxygens (including phenoxy) is 1. The number of esters is 1. The van der Waals surface area contributed by atoms with Gasteiger partial charge in [0, 0.05) is 5.69 Å². The number of benzene rings is 1. The fraction of sp³-hybridized carbons (Fsp3) is 0.286. The third-order valence-corrected chi connectivity index (χ3v) is 5.20. The van der Waals surface area contributed by atoms with Crippen LogP contribution < -0.4 is 5.32 Å². The van der Waals surface area contributed by atoms with Gasteiger partial charge < -0.3 is 14.5 Å². The molecule has 0 aliphatic carbocycles. The highest BCUT2D eigenvalue weighted by Crippen LogP contribution is 2.26. The van der Waals surface area contributed by atoms with Crippen LogP contribution in [0.15, 0.2) is 40.1 Å².